The van der Waals surface area contributed by atoms with Gasteiger partial charge < -0.3 is 15.2 Å². The summed E-state index contributed by atoms with van der Waals surface area (Å²) in [6, 6.07) is 5.11. The number of rotatable bonds is 4. The molecule has 0 saturated carbocycles. The molecule has 0 atom stereocenters. The number of ether oxygens (including phenoxy) is 2. The van der Waals surface area contributed by atoms with Gasteiger partial charge in [0.1, 0.15) is 11.5 Å². The van der Waals surface area contributed by atoms with E-state index in [2.05, 4.69) is 0 Å². The third kappa shape index (κ3) is 2.49. The number of hydrogen-bond donors (Lipinski definition) is 1. The minimum Gasteiger partial charge on any atom is -0.497 e. The molecule has 0 aliphatic heterocycles. The van der Waals surface area contributed by atoms with Crippen molar-refractivity contribution in [1.29, 1.82) is 0 Å². The fourth-order valence-corrected chi connectivity index (χ4v) is 2.95. The molecule has 0 spiro atoms. The summed E-state index contributed by atoms with van der Waals surface area (Å²) in [7, 11) is 3.11. The number of carbonyl (C=O) groups excluding carboxylic acids is 1. The first kappa shape index (κ1) is 14.4. The third-order valence-corrected chi connectivity index (χ3v) is 4.29. The number of carbonyl (C=O) groups is 1. The highest BCUT2D eigenvalue weighted by molar-refractivity contribution is 7.16. The van der Waals surface area contributed by atoms with Crippen molar-refractivity contribution in [3.63, 3.8) is 0 Å². The van der Waals surface area contributed by atoms with Crippen LogP contribution < -0.4 is 15.2 Å². The molecule has 0 aliphatic carbocycles. The highest BCUT2D eigenvalue weighted by Gasteiger charge is 2.20. The molecule has 1 aromatic heterocycles. The van der Waals surface area contributed by atoms with E-state index in [9.17, 15) is 4.79 Å². The number of aryl methyl sites for hydroxylation is 1. The van der Waals surface area contributed by atoms with Crippen LogP contribution in [0.2, 0.25) is 0 Å². The van der Waals surface area contributed by atoms with E-state index < -0.39 is 0 Å². The van der Waals surface area contributed by atoms with Crippen molar-refractivity contribution in [2.45, 2.75) is 13.8 Å². The van der Waals surface area contributed by atoms with E-state index in [0.29, 0.717) is 27.6 Å². The molecule has 0 saturated heterocycles. The first-order valence-corrected chi connectivity index (χ1v) is 6.92. The molecule has 0 unspecified atom stereocenters. The van der Waals surface area contributed by atoms with Gasteiger partial charge in [-0.2, -0.15) is 0 Å². The van der Waals surface area contributed by atoms with Crippen molar-refractivity contribution in [2.24, 2.45) is 0 Å². The Balaban J connectivity index is 2.53. The van der Waals surface area contributed by atoms with Crippen LogP contribution in [0.5, 0.6) is 11.5 Å². The number of ketones is 1. The number of nitrogens with two attached hydrogens (primary N) is 1. The zero-order chi connectivity index (χ0) is 14.9. The van der Waals surface area contributed by atoms with Crippen LogP contribution in [0.3, 0.4) is 0 Å². The highest BCUT2D eigenvalue weighted by atomic mass is 32.1. The molecular formula is C15H17NO3S. The Labute approximate surface area is 122 Å². The van der Waals surface area contributed by atoms with Crippen molar-refractivity contribution < 1.29 is 14.3 Å². The van der Waals surface area contributed by atoms with Gasteiger partial charge in [-0.1, -0.05) is 0 Å². The number of thiophene rings is 1. The van der Waals surface area contributed by atoms with Crippen LogP contribution in [0.25, 0.3) is 0 Å². The van der Waals surface area contributed by atoms with Crippen molar-refractivity contribution in [3.05, 3.63) is 39.8 Å². The van der Waals surface area contributed by atoms with Gasteiger partial charge in [0.25, 0.3) is 0 Å². The number of nitrogen functional groups attached to an aromatic ring is 1. The predicted octanol–water partition coefficient (Wildman–Crippen LogP) is 3.20. The Kier molecular flexibility index (Phi) is 3.99. The zero-order valence-electron chi connectivity index (χ0n) is 11.9. The Morgan fingerprint density at radius 3 is 2.05 bits per heavy atom. The van der Waals surface area contributed by atoms with Crippen molar-refractivity contribution in [3.8, 4) is 11.5 Å². The largest absolute Gasteiger partial charge is 0.497 e. The van der Waals surface area contributed by atoms with E-state index in [-0.39, 0.29) is 5.78 Å². The van der Waals surface area contributed by atoms with Crippen molar-refractivity contribution in [1.82, 2.24) is 0 Å². The van der Waals surface area contributed by atoms with Gasteiger partial charge in [0, 0.05) is 16.5 Å². The Bertz CT molecular complexity index is 639. The monoisotopic (exact) mass is 291 g/mol. The fourth-order valence-electron chi connectivity index (χ4n) is 2.02. The molecule has 0 aliphatic rings. The standard InChI is InChI=1S/C15H17NO3S/c1-8-9(2)20-15(16)13(8)14(17)10-5-11(18-3)7-12(6-10)19-4/h5-7H,16H2,1-4H3. The lowest BCUT2D eigenvalue weighted by molar-refractivity contribution is 0.103. The molecule has 106 valence electrons. The molecule has 2 N–H and O–H groups in total. The Morgan fingerprint density at radius 1 is 1.10 bits per heavy atom. The van der Waals surface area contributed by atoms with E-state index >= 15 is 0 Å². The summed E-state index contributed by atoms with van der Waals surface area (Å²) in [5, 5.41) is 0.548. The second-order valence-corrected chi connectivity index (χ2v) is 5.71. The van der Waals surface area contributed by atoms with Gasteiger partial charge in [0.15, 0.2) is 5.78 Å². The Hall–Kier alpha value is -2.01. The summed E-state index contributed by atoms with van der Waals surface area (Å²) in [4.78, 5) is 13.7. The second kappa shape index (κ2) is 5.54. The summed E-state index contributed by atoms with van der Waals surface area (Å²) in [5.74, 6) is 1.05. The first-order valence-electron chi connectivity index (χ1n) is 6.11. The van der Waals surface area contributed by atoms with Crippen LogP contribution in [-0.2, 0) is 0 Å². The first-order chi connectivity index (χ1) is 9.47. The summed E-state index contributed by atoms with van der Waals surface area (Å²) in [6.07, 6.45) is 0. The van der Waals surface area contributed by atoms with Crippen molar-refractivity contribution >= 4 is 22.1 Å². The Morgan fingerprint density at radius 2 is 1.65 bits per heavy atom. The molecular weight excluding hydrogens is 274 g/mol. The average Bonchev–Trinajstić information content (AvgIpc) is 2.70. The molecule has 1 heterocycles. The molecule has 2 rings (SSSR count). The fraction of sp³-hybridized carbons (Fsp3) is 0.267. The van der Waals surface area contributed by atoms with Crippen molar-refractivity contribution in [2.75, 3.05) is 20.0 Å². The maximum atomic E-state index is 12.7. The predicted molar refractivity (Wildman–Crippen MR) is 81.2 cm³/mol. The summed E-state index contributed by atoms with van der Waals surface area (Å²) < 4.78 is 10.4. The van der Waals surface area contributed by atoms with E-state index in [0.717, 1.165) is 10.4 Å². The molecule has 4 nitrogen and oxygen atoms in total. The number of anilines is 1. The van der Waals surface area contributed by atoms with Crippen LogP contribution >= 0.6 is 11.3 Å². The molecule has 5 heteroatoms. The molecule has 0 fully saturated rings. The number of benzene rings is 1. The zero-order valence-corrected chi connectivity index (χ0v) is 12.8. The van der Waals surface area contributed by atoms with Gasteiger partial charge >= 0.3 is 0 Å². The van der Waals surface area contributed by atoms with Crippen LogP contribution in [0.4, 0.5) is 5.00 Å². The molecule has 0 amide bonds. The molecule has 20 heavy (non-hydrogen) atoms. The van der Waals surface area contributed by atoms with Crippen LogP contribution in [0.1, 0.15) is 26.4 Å². The number of hydrogen-bond acceptors (Lipinski definition) is 5. The lowest BCUT2D eigenvalue weighted by Gasteiger charge is -2.08. The van der Waals surface area contributed by atoms with Gasteiger partial charge in [0.05, 0.1) is 24.8 Å². The molecule has 2 aromatic rings. The lowest BCUT2D eigenvalue weighted by atomic mass is 10.0. The average molecular weight is 291 g/mol. The van der Waals surface area contributed by atoms with Gasteiger partial charge in [-0.15, -0.1) is 11.3 Å². The van der Waals surface area contributed by atoms with Crippen LogP contribution in [0, 0.1) is 13.8 Å². The molecule has 1 aromatic carbocycles. The smallest absolute Gasteiger partial charge is 0.196 e. The van der Waals surface area contributed by atoms with E-state index in [4.69, 9.17) is 15.2 Å². The summed E-state index contributed by atoms with van der Waals surface area (Å²) >= 11 is 1.43. The lowest BCUT2D eigenvalue weighted by Crippen LogP contribution is -2.05. The highest BCUT2D eigenvalue weighted by Crippen LogP contribution is 2.33. The van der Waals surface area contributed by atoms with Gasteiger partial charge in [-0.25, -0.2) is 0 Å². The maximum absolute atomic E-state index is 12.7. The third-order valence-electron chi connectivity index (χ3n) is 3.25. The maximum Gasteiger partial charge on any atom is 0.196 e. The van der Waals surface area contributed by atoms with Crippen LogP contribution in [0.15, 0.2) is 18.2 Å². The second-order valence-electron chi connectivity index (χ2n) is 4.45. The quantitative estimate of drug-likeness (QED) is 0.879. The minimum atomic E-state index is -0.110. The normalized spacial score (nSPS) is 10.4. The minimum absolute atomic E-state index is 0.110. The summed E-state index contributed by atoms with van der Waals surface area (Å²) in [5.41, 5.74) is 7.97. The van der Waals surface area contributed by atoms with E-state index in [1.165, 1.54) is 11.3 Å². The molecule has 0 bridgehead atoms. The van der Waals surface area contributed by atoms with E-state index in [1.54, 1.807) is 32.4 Å². The van der Waals surface area contributed by atoms with Gasteiger partial charge in [0.2, 0.25) is 0 Å². The van der Waals surface area contributed by atoms with Gasteiger partial charge in [-0.05, 0) is 31.5 Å². The topological polar surface area (TPSA) is 61.5 Å². The molecule has 0 radical (unpaired) electrons. The summed E-state index contributed by atoms with van der Waals surface area (Å²) in [6.45, 7) is 3.87. The number of methoxy groups -OCH3 is 2. The van der Waals surface area contributed by atoms with Gasteiger partial charge in [-0.3, -0.25) is 4.79 Å². The SMILES string of the molecule is COc1cc(OC)cc(C(=O)c2c(N)sc(C)c2C)c1. The van der Waals surface area contributed by atoms with Crippen LogP contribution in [-0.4, -0.2) is 20.0 Å². The van der Waals surface area contributed by atoms with E-state index in [1.807, 2.05) is 13.8 Å².